The van der Waals surface area contributed by atoms with Gasteiger partial charge in [-0.05, 0) is 50.3 Å². The maximum absolute atomic E-state index is 9.33. The van der Waals surface area contributed by atoms with Gasteiger partial charge in [-0.15, -0.1) is 11.8 Å². The van der Waals surface area contributed by atoms with Gasteiger partial charge in [0.25, 0.3) is 0 Å². The highest BCUT2D eigenvalue weighted by molar-refractivity contribution is 7.98. The number of rotatable bonds is 3. The van der Waals surface area contributed by atoms with E-state index in [-0.39, 0.29) is 0 Å². The van der Waals surface area contributed by atoms with E-state index in [4.69, 9.17) is 4.98 Å². The standard InChI is InChI=1S/C18H18N2S/c1-12-6-13(2)8-14(7-12)11-21-18-16(10-19)9-15-4-3-5-17(15)20-18/h6-9H,3-5,11H2,1-2H3. The lowest BCUT2D eigenvalue weighted by atomic mass is 10.1. The van der Waals surface area contributed by atoms with Gasteiger partial charge in [-0.25, -0.2) is 4.98 Å². The van der Waals surface area contributed by atoms with Crippen LogP contribution in [0.25, 0.3) is 0 Å². The van der Waals surface area contributed by atoms with Crippen LogP contribution in [-0.4, -0.2) is 4.98 Å². The lowest BCUT2D eigenvalue weighted by Crippen LogP contribution is -1.95. The molecule has 1 aromatic heterocycles. The van der Waals surface area contributed by atoms with E-state index in [9.17, 15) is 5.26 Å². The molecule has 2 aromatic rings. The summed E-state index contributed by atoms with van der Waals surface area (Å²) in [5.74, 6) is 0.864. The monoisotopic (exact) mass is 294 g/mol. The highest BCUT2D eigenvalue weighted by Gasteiger charge is 2.16. The molecule has 1 aliphatic rings. The van der Waals surface area contributed by atoms with Gasteiger partial charge in [0.15, 0.2) is 0 Å². The van der Waals surface area contributed by atoms with Crippen LogP contribution in [0.15, 0.2) is 29.3 Å². The van der Waals surface area contributed by atoms with Crippen molar-refractivity contribution in [3.05, 3.63) is 57.8 Å². The van der Waals surface area contributed by atoms with Gasteiger partial charge in [-0.3, -0.25) is 0 Å². The van der Waals surface area contributed by atoms with Gasteiger partial charge in [-0.2, -0.15) is 5.26 Å². The summed E-state index contributed by atoms with van der Waals surface area (Å²) in [6.45, 7) is 4.24. The molecule has 0 N–H and O–H groups in total. The minimum atomic E-state index is 0.727. The summed E-state index contributed by atoms with van der Waals surface area (Å²) in [7, 11) is 0. The predicted molar refractivity (Wildman–Crippen MR) is 86.5 cm³/mol. The number of hydrogen-bond acceptors (Lipinski definition) is 3. The fraction of sp³-hybridized carbons (Fsp3) is 0.333. The number of hydrogen-bond donors (Lipinski definition) is 0. The van der Waals surface area contributed by atoms with Crippen molar-refractivity contribution < 1.29 is 0 Å². The summed E-state index contributed by atoms with van der Waals surface area (Å²) >= 11 is 1.67. The molecule has 106 valence electrons. The molecular formula is C18H18N2S. The van der Waals surface area contributed by atoms with Crippen LogP contribution in [-0.2, 0) is 18.6 Å². The highest BCUT2D eigenvalue weighted by Crippen LogP contribution is 2.30. The number of nitrogens with zero attached hydrogens (tertiary/aromatic N) is 2. The van der Waals surface area contributed by atoms with Crippen molar-refractivity contribution in [2.45, 2.75) is 43.9 Å². The smallest absolute Gasteiger partial charge is 0.114 e. The van der Waals surface area contributed by atoms with Crippen molar-refractivity contribution in [1.82, 2.24) is 4.98 Å². The average molecular weight is 294 g/mol. The molecule has 21 heavy (non-hydrogen) atoms. The summed E-state index contributed by atoms with van der Waals surface area (Å²) < 4.78 is 0. The maximum atomic E-state index is 9.33. The van der Waals surface area contributed by atoms with E-state index >= 15 is 0 Å². The molecule has 0 atom stereocenters. The van der Waals surface area contributed by atoms with Crippen molar-refractivity contribution >= 4 is 11.8 Å². The van der Waals surface area contributed by atoms with Gasteiger partial charge in [0.05, 0.1) is 5.56 Å². The molecule has 1 aromatic carbocycles. The molecule has 0 aliphatic heterocycles. The molecule has 0 bridgehead atoms. The Morgan fingerprint density at radius 1 is 1.14 bits per heavy atom. The van der Waals surface area contributed by atoms with E-state index in [1.165, 1.54) is 34.4 Å². The first-order valence-corrected chi connectivity index (χ1v) is 8.27. The van der Waals surface area contributed by atoms with Crippen molar-refractivity contribution in [2.24, 2.45) is 0 Å². The molecule has 0 saturated carbocycles. The van der Waals surface area contributed by atoms with Gasteiger partial charge >= 0.3 is 0 Å². The van der Waals surface area contributed by atoms with Crippen LogP contribution in [0.2, 0.25) is 0 Å². The van der Waals surface area contributed by atoms with Crippen molar-refractivity contribution in [3.63, 3.8) is 0 Å². The number of pyridine rings is 1. The fourth-order valence-corrected chi connectivity index (χ4v) is 3.85. The van der Waals surface area contributed by atoms with Crippen molar-refractivity contribution in [2.75, 3.05) is 0 Å². The van der Waals surface area contributed by atoms with Gasteiger partial charge < -0.3 is 0 Å². The molecule has 1 aliphatic carbocycles. The second-order valence-corrected chi connectivity index (χ2v) is 6.66. The van der Waals surface area contributed by atoms with Gasteiger partial charge in [0.1, 0.15) is 11.1 Å². The number of benzene rings is 1. The van der Waals surface area contributed by atoms with E-state index in [0.717, 1.165) is 29.2 Å². The third-order valence-corrected chi connectivity index (χ3v) is 4.86. The molecule has 0 unspecified atom stereocenters. The Balaban J connectivity index is 1.83. The summed E-state index contributed by atoms with van der Waals surface area (Å²) in [5, 5.41) is 10.2. The van der Waals surface area contributed by atoms with Crippen LogP contribution in [0.3, 0.4) is 0 Å². The Morgan fingerprint density at radius 3 is 2.62 bits per heavy atom. The first-order valence-electron chi connectivity index (χ1n) is 7.28. The third kappa shape index (κ3) is 3.11. The molecule has 0 saturated heterocycles. The van der Waals surface area contributed by atoms with E-state index < -0.39 is 0 Å². The Kier molecular flexibility index (Phi) is 3.98. The van der Waals surface area contributed by atoms with Crippen LogP contribution < -0.4 is 0 Å². The van der Waals surface area contributed by atoms with E-state index in [1.807, 2.05) is 6.07 Å². The van der Waals surface area contributed by atoms with Crippen LogP contribution in [0.4, 0.5) is 0 Å². The summed E-state index contributed by atoms with van der Waals surface area (Å²) in [4.78, 5) is 4.72. The van der Waals surface area contributed by atoms with E-state index in [0.29, 0.717) is 0 Å². The van der Waals surface area contributed by atoms with Crippen LogP contribution >= 0.6 is 11.8 Å². The topological polar surface area (TPSA) is 36.7 Å². The normalized spacial score (nSPS) is 13.0. The lowest BCUT2D eigenvalue weighted by molar-refractivity contribution is 0.891. The zero-order valence-electron chi connectivity index (χ0n) is 12.4. The molecule has 0 amide bonds. The summed E-state index contributed by atoms with van der Waals surface area (Å²) in [6.07, 6.45) is 3.29. The molecular weight excluding hydrogens is 276 g/mol. The highest BCUT2D eigenvalue weighted by atomic mass is 32.2. The van der Waals surface area contributed by atoms with Crippen LogP contribution in [0, 0.1) is 25.2 Å². The molecule has 0 spiro atoms. The number of fused-ring (bicyclic) bond motifs is 1. The minimum Gasteiger partial charge on any atom is -0.245 e. The Bertz CT molecular complexity index is 708. The molecule has 2 nitrogen and oxygen atoms in total. The summed E-state index contributed by atoms with van der Waals surface area (Å²) in [5.41, 5.74) is 7.05. The first-order chi connectivity index (χ1) is 10.2. The minimum absolute atomic E-state index is 0.727. The zero-order valence-corrected chi connectivity index (χ0v) is 13.3. The lowest BCUT2D eigenvalue weighted by Gasteiger charge is -2.08. The number of aromatic nitrogens is 1. The number of aryl methyl sites for hydroxylation is 4. The van der Waals surface area contributed by atoms with Gasteiger partial charge in [0.2, 0.25) is 0 Å². The second-order valence-electron chi connectivity index (χ2n) is 5.70. The molecule has 0 fully saturated rings. The second kappa shape index (κ2) is 5.91. The summed E-state index contributed by atoms with van der Waals surface area (Å²) in [6, 6.07) is 10.9. The number of thioether (sulfide) groups is 1. The van der Waals surface area contributed by atoms with Gasteiger partial charge in [0, 0.05) is 11.4 Å². The molecule has 3 rings (SSSR count). The largest absolute Gasteiger partial charge is 0.245 e. The molecule has 1 heterocycles. The van der Waals surface area contributed by atoms with E-state index in [1.54, 1.807) is 11.8 Å². The van der Waals surface area contributed by atoms with Crippen LogP contribution in [0.5, 0.6) is 0 Å². The third-order valence-electron chi connectivity index (χ3n) is 3.79. The quantitative estimate of drug-likeness (QED) is 0.790. The van der Waals surface area contributed by atoms with Crippen molar-refractivity contribution in [1.29, 1.82) is 5.26 Å². The molecule has 0 radical (unpaired) electrons. The fourth-order valence-electron chi connectivity index (χ4n) is 2.95. The number of nitriles is 1. The first kappa shape index (κ1) is 14.2. The maximum Gasteiger partial charge on any atom is 0.114 e. The SMILES string of the molecule is Cc1cc(C)cc(CSc2nc3c(cc2C#N)CCC3)c1. The Morgan fingerprint density at radius 2 is 1.90 bits per heavy atom. The zero-order chi connectivity index (χ0) is 14.8. The van der Waals surface area contributed by atoms with Gasteiger partial charge in [-0.1, -0.05) is 29.3 Å². The average Bonchev–Trinajstić information content (AvgIpc) is 2.90. The predicted octanol–water partition coefficient (Wildman–Crippen LogP) is 4.35. The van der Waals surface area contributed by atoms with Crippen LogP contribution in [0.1, 0.15) is 39.9 Å². The molecule has 3 heteroatoms. The Hall–Kier alpha value is -1.79. The van der Waals surface area contributed by atoms with Crippen molar-refractivity contribution in [3.8, 4) is 6.07 Å². The Labute approximate surface area is 130 Å². The van der Waals surface area contributed by atoms with E-state index in [2.05, 4.69) is 38.1 Å².